The van der Waals surface area contributed by atoms with E-state index in [0.29, 0.717) is 12.2 Å². The van der Waals surface area contributed by atoms with Crippen LogP contribution in [0.4, 0.5) is 8.78 Å². The minimum absolute atomic E-state index is 0.145. The maximum absolute atomic E-state index is 13.9. The van der Waals surface area contributed by atoms with Crippen LogP contribution in [-0.4, -0.2) is 14.7 Å². The topological polar surface area (TPSA) is 38.0 Å². The number of aliphatic hydroxyl groups is 1. The van der Waals surface area contributed by atoms with Crippen molar-refractivity contribution in [2.75, 3.05) is 0 Å². The van der Waals surface area contributed by atoms with E-state index in [1.165, 1.54) is 17.0 Å². The molecule has 0 aliphatic rings. The molecule has 0 atom stereocenters. The average Bonchev–Trinajstić information content (AvgIpc) is 2.77. The molecule has 0 saturated heterocycles. The van der Waals surface area contributed by atoms with Gasteiger partial charge < -0.3 is 5.11 Å². The summed E-state index contributed by atoms with van der Waals surface area (Å²) >= 11 is 0. The molecule has 0 aliphatic carbocycles. The van der Waals surface area contributed by atoms with Gasteiger partial charge in [0.05, 0.1) is 6.61 Å². The summed E-state index contributed by atoms with van der Waals surface area (Å²) in [6, 6.07) is 2.27. The SMILES string of the molecule is CCCc1nccn1-c1c(F)cc(CO)cc1F. The molecule has 0 saturated carbocycles. The lowest BCUT2D eigenvalue weighted by Crippen LogP contribution is -2.06. The van der Waals surface area contributed by atoms with Crippen molar-refractivity contribution in [3.8, 4) is 5.69 Å². The Morgan fingerprint density at radius 3 is 2.50 bits per heavy atom. The molecule has 2 rings (SSSR count). The Bertz CT molecular complexity index is 529. The van der Waals surface area contributed by atoms with Gasteiger partial charge in [-0.2, -0.15) is 0 Å². The molecular weight excluding hydrogens is 238 g/mol. The first-order chi connectivity index (χ1) is 8.67. The number of benzene rings is 1. The third-order valence-electron chi connectivity index (χ3n) is 2.69. The Kier molecular flexibility index (Phi) is 3.72. The Labute approximate surface area is 104 Å². The van der Waals surface area contributed by atoms with Crippen LogP contribution in [0.15, 0.2) is 24.5 Å². The minimum atomic E-state index is -0.700. The highest BCUT2D eigenvalue weighted by molar-refractivity contribution is 5.39. The zero-order valence-corrected chi connectivity index (χ0v) is 10.0. The highest BCUT2D eigenvalue weighted by Crippen LogP contribution is 2.21. The van der Waals surface area contributed by atoms with E-state index in [-0.39, 0.29) is 17.9 Å². The van der Waals surface area contributed by atoms with Crippen LogP contribution in [0.1, 0.15) is 24.7 Å². The van der Waals surface area contributed by atoms with Crippen LogP contribution in [0.25, 0.3) is 5.69 Å². The van der Waals surface area contributed by atoms with Crippen LogP contribution < -0.4 is 0 Å². The molecule has 0 unspecified atom stereocenters. The van der Waals surface area contributed by atoms with E-state index in [4.69, 9.17) is 5.11 Å². The molecule has 3 nitrogen and oxygen atoms in total. The van der Waals surface area contributed by atoms with Gasteiger partial charge in [-0.15, -0.1) is 0 Å². The number of rotatable bonds is 4. The molecule has 0 amide bonds. The van der Waals surface area contributed by atoms with Gasteiger partial charge in [0, 0.05) is 18.8 Å². The summed E-state index contributed by atoms with van der Waals surface area (Å²) < 4.78 is 29.2. The molecular formula is C13H14F2N2O. The van der Waals surface area contributed by atoms with Crippen molar-refractivity contribution in [3.05, 3.63) is 47.5 Å². The molecule has 1 heterocycles. The summed E-state index contributed by atoms with van der Waals surface area (Å²) in [5, 5.41) is 8.89. The summed E-state index contributed by atoms with van der Waals surface area (Å²) in [6.07, 6.45) is 4.54. The van der Waals surface area contributed by atoms with E-state index in [0.717, 1.165) is 18.6 Å². The van der Waals surface area contributed by atoms with E-state index in [1.54, 1.807) is 0 Å². The second-order valence-electron chi connectivity index (χ2n) is 4.03. The van der Waals surface area contributed by atoms with Gasteiger partial charge in [0.15, 0.2) is 11.6 Å². The fourth-order valence-electron chi connectivity index (χ4n) is 1.89. The summed E-state index contributed by atoms with van der Waals surface area (Å²) in [6.45, 7) is 1.58. The zero-order chi connectivity index (χ0) is 13.1. The predicted molar refractivity (Wildman–Crippen MR) is 63.4 cm³/mol. The first-order valence-corrected chi connectivity index (χ1v) is 5.78. The summed E-state index contributed by atoms with van der Waals surface area (Å²) in [4.78, 5) is 4.09. The van der Waals surface area contributed by atoms with Crippen molar-refractivity contribution in [1.29, 1.82) is 0 Å². The van der Waals surface area contributed by atoms with E-state index < -0.39 is 11.6 Å². The fraction of sp³-hybridized carbons (Fsp3) is 0.308. The maximum atomic E-state index is 13.9. The maximum Gasteiger partial charge on any atom is 0.150 e. The van der Waals surface area contributed by atoms with E-state index in [2.05, 4.69) is 4.98 Å². The van der Waals surface area contributed by atoms with Gasteiger partial charge in [0.2, 0.25) is 0 Å². The molecule has 1 aromatic heterocycles. The predicted octanol–water partition coefficient (Wildman–Crippen LogP) is 2.60. The summed E-state index contributed by atoms with van der Waals surface area (Å²) in [5.74, 6) is -0.782. The van der Waals surface area contributed by atoms with Crippen LogP contribution in [0.2, 0.25) is 0 Å². The van der Waals surface area contributed by atoms with Crippen molar-refractivity contribution in [1.82, 2.24) is 9.55 Å². The molecule has 0 bridgehead atoms. The smallest absolute Gasteiger partial charge is 0.150 e. The third-order valence-corrected chi connectivity index (χ3v) is 2.69. The second-order valence-corrected chi connectivity index (χ2v) is 4.03. The average molecular weight is 252 g/mol. The van der Waals surface area contributed by atoms with Gasteiger partial charge in [-0.25, -0.2) is 13.8 Å². The number of hydrogen-bond acceptors (Lipinski definition) is 2. The molecule has 18 heavy (non-hydrogen) atoms. The van der Waals surface area contributed by atoms with E-state index in [1.807, 2.05) is 6.92 Å². The minimum Gasteiger partial charge on any atom is -0.392 e. The molecule has 0 radical (unpaired) electrons. The monoisotopic (exact) mass is 252 g/mol. The molecule has 0 aliphatic heterocycles. The van der Waals surface area contributed by atoms with Crippen molar-refractivity contribution in [2.45, 2.75) is 26.4 Å². The Hall–Kier alpha value is -1.75. The standard InChI is InChI=1S/C13H14F2N2O/c1-2-3-12-16-4-5-17(12)13-10(14)6-9(8-18)7-11(13)15/h4-7,18H,2-3,8H2,1H3. The van der Waals surface area contributed by atoms with Crippen LogP contribution in [0.5, 0.6) is 0 Å². The van der Waals surface area contributed by atoms with Crippen molar-refractivity contribution in [3.63, 3.8) is 0 Å². The third kappa shape index (κ3) is 2.26. The van der Waals surface area contributed by atoms with Gasteiger partial charge in [-0.3, -0.25) is 4.57 Å². The number of hydrogen-bond donors (Lipinski definition) is 1. The molecule has 0 spiro atoms. The zero-order valence-electron chi connectivity index (χ0n) is 10.0. The molecule has 2 aromatic rings. The molecule has 96 valence electrons. The van der Waals surface area contributed by atoms with Gasteiger partial charge in [-0.05, 0) is 24.1 Å². The number of aromatic nitrogens is 2. The number of imidazole rings is 1. The molecule has 1 aromatic carbocycles. The Morgan fingerprint density at radius 1 is 1.28 bits per heavy atom. The largest absolute Gasteiger partial charge is 0.392 e. The normalized spacial score (nSPS) is 10.9. The lowest BCUT2D eigenvalue weighted by atomic mass is 10.2. The molecule has 0 fully saturated rings. The van der Waals surface area contributed by atoms with E-state index in [9.17, 15) is 8.78 Å². The van der Waals surface area contributed by atoms with Crippen LogP contribution >= 0.6 is 0 Å². The number of aliphatic hydroxyl groups excluding tert-OH is 1. The van der Waals surface area contributed by atoms with Crippen LogP contribution in [-0.2, 0) is 13.0 Å². The van der Waals surface area contributed by atoms with Gasteiger partial charge in [-0.1, -0.05) is 6.92 Å². The van der Waals surface area contributed by atoms with Gasteiger partial charge >= 0.3 is 0 Å². The highest BCUT2D eigenvalue weighted by atomic mass is 19.1. The first kappa shape index (κ1) is 12.7. The van der Waals surface area contributed by atoms with Crippen LogP contribution in [0, 0.1) is 11.6 Å². The quantitative estimate of drug-likeness (QED) is 0.908. The first-order valence-electron chi connectivity index (χ1n) is 5.78. The lowest BCUT2D eigenvalue weighted by molar-refractivity contribution is 0.280. The highest BCUT2D eigenvalue weighted by Gasteiger charge is 2.15. The van der Waals surface area contributed by atoms with Crippen molar-refractivity contribution < 1.29 is 13.9 Å². The number of halogens is 2. The summed E-state index contributed by atoms with van der Waals surface area (Å²) in [5.41, 5.74) is 0.0686. The Balaban J connectivity index is 2.53. The van der Waals surface area contributed by atoms with Gasteiger partial charge in [0.1, 0.15) is 11.5 Å². The summed E-state index contributed by atoms with van der Waals surface area (Å²) in [7, 11) is 0. The molecule has 5 heteroatoms. The van der Waals surface area contributed by atoms with Crippen molar-refractivity contribution >= 4 is 0 Å². The van der Waals surface area contributed by atoms with Crippen molar-refractivity contribution in [2.24, 2.45) is 0 Å². The fourth-order valence-corrected chi connectivity index (χ4v) is 1.89. The van der Waals surface area contributed by atoms with Gasteiger partial charge in [0.25, 0.3) is 0 Å². The number of nitrogens with zero attached hydrogens (tertiary/aromatic N) is 2. The Morgan fingerprint density at radius 2 is 1.94 bits per heavy atom. The van der Waals surface area contributed by atoms with Crippen LogP contribution in [0.3, 0.4) is 0 Å². The molecule has 1 N–H and O–H groups in total. The second kappa shape index (κ2) is 5.27. The number of aryl methyl sites for hydroxylation is 1. The lowest BCUT2D eigenvalue weighted by Gasteiger charge is -2.10. The van der Waals surface area contributed by atoms with E-state index >= 15 is 0 Å².